The number of hydrogen-bond donors (Lipinski definition) is 2. The molecular weight excluding hydrogens is 270 g/mol. The number of amides is 2. The van der Waals surface area contributed by atoms with Crippen molar-refractivity contribution in [2.45, 2.75) is 25.7 Å². The SMILES string of the molecule is O=C(NCC1CCCC1)C(=O)Nc1noc2ccccc12. The van der Waals surface area contributed by atoms with E-state index in [1.54, 1.807) is 12.1 Å². The second-order valence-corrected chi connectivity index (χ2v) is 5.34. The van der Waals surface area contributed by atoms with Crippen LogP contribution in [0.15, 0.2) is 28.8 Å². The van der Waals surface area contributed by atoms with Crippen molar-refractivity contribution in [2.24, 2.45) is 5.92 Å². The number of para-hydroxylation sites is 1. The largest absolute Gasteiger partial charge is 0.354 e. The molecule has 1 aliphatic rings. The monoisotopic (exact) mass is 287 g/mol. The molecule has 3 rings (SSSR count). The highest BCUT2D eigenvalue weighted by molar-refractivity contribution is 6.40. The van der Waals surface area contributed by atoms with Gasteiger partial charge in [-0.2, -0.15) is 0 Å². The van der Waals surface area contributed by atoms with Crippen LogP contribution in [-0.2, 0) is 9.59 Å². The minimum absolute atomic E-state index is 0.270. The molecule has 2 aromatic rings. The first-order valence-corrected chi connectivity index (χ1v) is 7.17. The van der Waals surface area contributed by atoms with Gasteiger partial charge in [0.1, 0.15) is 0 Å². The number of nitrogens with zero attached hydrogens (tertiary/aromatic N) is 1. The zero-order chi connectivity index (χ0) is 14.7. The smallest absolute Gasteiger partial charge is 0.314 e. The summed E-state index contributed by atoms with van der Waals surface area (Å²) in [7, 11) is 0. The van der Waals surface area contributed by atoms with Crippen molar-refractivity contribution < 1.29 is 14.1 Å². The molecule has 0 atom stereocenters. The molecule has 6 heteroatoms. The summed E-state index contributed by atoms with van der Waals surface area (Å²) in [5.41, 5.74) is 0.569. The predicted octanol–water partition coefficient (Wildman–Crippen LogP) is 2.07. The molecule has 0 bridgehead atoms. The van der Waals surface area contributed by atoms with Crippen LogP contribution in [0.1, 0.15) is 25.7 Å². The number of hydrogen-bond acceptors (Lipinski definition) is 4. The van der Waals surface area contributed by atoms with Crippen molar-refractivity contribution >= 4 is 28.6 Å². The lowest BCUT2D eigenvalue weighted by atomic mass is 10.1. The maximum absolute atomic E-state index is 11.9. The third-order valence-electron chi connectivity index (χ3n) is 3.84. The predicted molar refractivity (Wildman–Crippen MR) is 77.6 cm³/mol. The number of rotatable bonds is 3. The van der Waals surface area contributed by atoms with E-state index in [0.29, 0.717) is 23.4 Å². The Morgan fingerprint density at radius 1 is 1.19 bits per heavy atom. The Morgan fingerprint density at radius 2 is 1.95 bits per heavy atom. The Kier molecular flexibility index (Phi) is 3.85. The van der Waals surface area contributed by atoms with E-state index in [0.717, 1.165) is 12.8 Å². The van der Waals surface area contributed by atoms with E-state index >= 15 is 0 Å². The molecular formula is C15H17N3O3. The first-order chi connectivity index (χ1) is 10.2. The maximum Gasteiger partial charge on any atom is 0.314 e. The molecule has 1 fully saturated rings. The van der Waals surface area contributed by atoms with Gasteiger partial charge in [0.15, 0.2) is 11.4 Å². The zero-order valence-corrected chi connectivity index (χ0v) is 11.6. The third-order valence-corrected chi connectivity index (χ3v) is 3.84. The normalized spacial score (nSPS) is 15.2. The molecule has 1 aromatic heterocycles. The quantitative estimate of drug-likeness (QED) is 0.846. The third kappa shape index (κ3) is 3.04. The van der Waals surface area contributed by atoms with Gasteiger partial charge in [0, 0.05) is 6.54 Å². The summed E-state index contributed by atoms with van der Waals surface area (Å²) in [6.45, 7) is 0.561. The summed E-state index contributed by atoms with van der Waals surface area (Å²) in [6, 6.07) is 7.15. The summed E-state index contributed by atoms with van der Waals surface area (Å²) in [4.78, 5) is 23.6. The minimum Gasteiger partial charge on any atom is -0.354 e. The molecule has 0 unspecified atom stereocenters. The van der Waals surface area contributed by atoms with Crippen molar-refractivity contribution in [2.75, 3.05) is 11.9 Å². The second-order valence-electron chi connectivity index (χ2n) is 5.34. The van der Waals surface area contributed by atoms with Crippen LogP contribution in [0.2, 0.25) is 0 Å². The van der Waals surface area contributed by atoms with E-state index in [9.17, 15) is 9.59 Å². The number of carbonyl (C=O) groups excluding carboxylic acids is 2. The number of aromatic nitrogens is 1. The summed E-state index contributed by atoms with van der Waals surface area (Å²) in [6.07, 6.45) is 4.65. The molecule has 2 N–H and O–H groups in total. The summed E-state index contributed by atoms with van der Waals surface area (Å²) < 4.78 is 5.07. The fourth-order valence-electron chi connectivity index (χ4n) is 2.67. The lowest BCUT2D eigenvalue weighted by Gasteiger charge is -2.09. The highest BCUT2D eigenvalue weighted by Gasteiger charge is 2.20. The van der Waals surface area contributed by atoms with Gasteiger partial charge in [-0.25, -0.2) is 0 Å². The average Bonchev–Trinajstić information content (AvgIpc) is 3.15. The van der Waals surface area contributed by atoms with E-state index in [1.165, 1.54) is 12.8 Å². The van der Waals surface area contributed by atoms with Gasteiger partial charge in [-0.1, -0.05) is 30.1 Å². The van der Waals surface area contributed by atoms with Crippen LogP contribution >= 0.6 is 0 Å². The van der Waals surface area contributed by atoms with Crippen LogP contribution in [0, 0.1) is 5.92 Å². The molecule has 1 aliphatic carbocycles. The van der Waals surface area contributed by atoms with Crippen LogP contribution in [-0.4, -0.2) is 23.5 Å². The topological polar surface area (TPSA) is 84.2 Å². The van der Waals surface area contributed by atoms with E-state index in [1.807, 2.05) is 12.1 Å². The summed E-state index contributed by atoms with van der Waals surface area (Å²) in [5.74, 6) is -0.581. The fourth-order valence-corrected chi connectivity index (χ4v) is 2.67. The zero-order valence-electron chi connectivity index (χ0n) is 11.6. The van der Waals surface area contributed by atoms with Crippen molar-refractivity contribution in [3.05, 3.63) is 24.3 Å². The van der Waals surface area contributed by atoms with Gasteiger partial charge < -0.3 is 9.84 Å². The van der Waals surface area contributed by atoms with Crippen LogP contribution in [0.25, 0.3) is 11.0 Å². The Hall–Kier alpha value is -2.37. The van der Waals surface area contributed by atoms with Gasteiger partial charge in [0.2, 0.25) is 0 Å². The van der Waals surface area contributed by atoms with E-state index in [4.69, 9.17) is 4.52 Å². The highest BCUT2D eigenvalue weighted by atomic mass is 16.5. The fraction of sp³-hybridized carbons (Fsp3) is 0.400. The van der Waals surface area contributed by atoms with E-state index in [2.05, 4.69) is 15.8 Å². The number of fused-ring (bicyclic) bond motifs is 1. The number of carbonyl (C=O) groups is 2. The Morgan fingerprint density at radius 3 is 2.76 bits per heavy atom. The summed E-state index contributed by atoms with van der Waals surface area (Å²) in [5, 5.41) is 9.60. The molecule has 2 amide bonds. The molecule has 0 spiro atoms. The molecule has 0 radical (unpaired) electrons. The average molecular weight is 287 g/mol. The van der Waals surface area contributed by atoms with Crippen LogP contribution in [0.5, 0.6) is 0 Å². The molecule has 1 saturated carbocycles. The van der Waals surface area contributed by atoms with Crippen LogP contribution in [0.3, 0.4) is 0 Å². The van der Waals surface area contributed by atoms with Gasteiger partial charge in [-0.15, -0.1) is 0 Å². The molecule has 6 nitrogen and oxygen atoms in total. The van der Waals surface area contributed by atoms with Crippen molar-refractivity contribution in [3.63, 3.8) is 0 Å². The van der Waals surface area contributed by atoms with Crippen molar-refractivity contribution in [3.8, 4) is 0 Å². The maximum atomic E-state index is 11.9. The second kappa shape index (κ2) is 5.95. The Labute approximate surface area is 121 Å². The molecule has 0 saturated heterocycles. The van der Waals surface area contributed by atoms with Gasteiger partial charge in [-0.05, 0) is 30.9 Å². The van der Waals surface area contributed by atoms with Gasteiger partial charge >= 0.3 is 11.8 Å². The first-order valence-electron chi connectivity index (χ1n) is 7.17. The number of nitrogens with one attached hydrogen (secondary N) is 2. The first kappa shape index (κ1) is 13.6. The minimum atomic E-state index is -0.716. The van der Waals surface area contributed by atoms with E-state index in [-0.39, 0.29) is 5.82 Å². The molecule has 110 valence electrons. The van der Waals surface area contributed by atoms with Gasteiger partial charge in [-0.3, -0.25) is 14.9 Å². The van der Waals surface area contributed by atoms with E-state index < -0.39 is 11.8 Å². The molecule has 1 heterocycles. The van der Waals surface area contributed by atoms with Gasteiger partial charge in [0.25, 0.3) is 0 Å². The van der Waals surface area contributed by atoms with Crippen LogP contribution < -0.4 is 10.6 Å². The van der Waals surface area contributed by atoms with Crippen LogP contribution in [0.4, 0.5) is 5.82 Å². The molecule has 1 aromatic carbocycles. The number of benzene rings is 1. The molecule has 21 heavy (non-hydrogen) atoms. The Balaban J connectivity index is 1.58. The van der Waals surface area contributed by atoms with Gasteiger partial charge in [0.05, 0.1) is 5.39 Å². The molecule has 0 aliphatic heterocycles. The summed E-state index contributed by atoms with van der Waals surface area (Å²) >= 11 is 0. The van der Waals surface area contributed by atoms with Crippen molar-refractivity contribution in [1.82, 2.24) is 10.5 Å². The Bertz CT molecular complexity index is 659. The lowest BCUT2D eigenvalue weighted by Crippen LogP contribution is -2.37. The van der Waals surface area contributed by atoms with Crippen molar-refractivity contribution in [1.29, 1.82) is 0 Å². The number of anilines is 1. The standard InChI is InChI=1S/C15H17N3O3/c19-14(16-9-10-5-1-2-6-10)15(20)17-13-11-7-3-4-8-12(11)21-18-13/h3-4,7-8,10H,1-2,5-6,9H2,(H,16,19)(H,17,18,20). The highest BCUT2D eigenvalue weighted by Crippen LogP contribution is 2.24. The lowest BCUT2D eigenvalue weighted by molar-refractivity contribution is -0.136.